The quantitative estimate of drug-likeness (QED) is 0.844. The monoisotopic (exact) mass is 278 g/mol. The molecule has 0 spiro atoms. The van der Waals surface area contributed by atoms with Crippen LogP contribution < -0.4 is 11.1 Å². The number of anilines is 1. The van der Waals surface area contributed by atoms with Gasteiger partial charge in [-0.3, -0.25) is 9.59 Å². The Kier molecular flexibility index (Phi) is 5.64. The van der Waals surface area contributed by atoms with E-state index in [0.717, 1.165) is 6.42 Å². The van der Waals surface area contributed by atoms with Crippen molar-refractivity contribution in [1.29, 1.82) is 0 Å². The van der Waals surface area contributed by atoms with E-state index < -0.39 is 6.04 Å². The topological polar surface area (TPSA) is 88.3 Å². The van der Waals surface area contributed by atoms with Gasteiger partial charge in [-0.2, -0.15) is 0 Å². The van der Waals surface area contributed by atoms with Crippen LogP contribution in [0.15, 0.2) is 18.3 Å². The lowest BCUT2D eigenvalue weighted by Gasteiger charge is -2.17. The second-order valence-corrected chi connectivity index (χ2v) is 5.03. The highest BCUT2D eigenvalue weighted by atomic mass is 16.2. The zero-order chi connectivity index (χ0) is 15.3. The van der Waals surface area contributed by atoms with Gasteiger partial charge in [-0.1, -0.05) is 20.3 Å². The molecule has 0 saturated heterocycles. The number of hydrogen-bond acceptors (Lipinski definition) is 4. The maximum Gasteiger partial charge on any atom is 0.253 e. The predicted octanol–water partition coefficient (Wildman–Crippen LogP) is 1.10. The third-order valence-electron chi connectivity index (χ3n) is 3.22. The highest BCUT2D eigenvalue weighted by molar-refractivity contribution is 5.97. The Bertz CT molecular complexity index is 488. The van der Waals surface area contributed by atoms with Crippen molar-refractivity contribution >= 4 is 17.6 Å². The first-order valence-electron chi connectivity index (χ1n) is 6.61. The molecule has 0 aliphatic rings. The Morgan fingerprint density at radius 2 is 2.10 bits per heavy atom. The normalized spacial score (nSPS) is 13.4. The third-order valence-corrected chi connectivity index (χ3v) is 3.22. The molecule has 2 unspecified atom stereocenters. The lowest BCUT2D eigenvalue weighted by molar-refractivity contribution is -0.118. The fourth-order valence-corrected chi connectivity index (χ4v) is 1.61. The first-order valence-corrected chi connectivity index (χ1v) is 6.61. The number of nitrogens with two attached hydrogens (primary N) is 1. The second-order valence-electron chi connectivity index (χ2n) is 5.03. The average Bonchev–Trinajstić information content (AvgIpc) is 2.44. The molecule has 6 nitrogen and oxygen atoms in total. The number of nitrogens with zero attached hydrogens (tertiary/aromatic N) is 2. The molecule has 6 heteroatoms. The van der Waals surface area contributed by atoms with Gasteiger partial charge in [0.2, 0.25) is 5.91 Å². The van der Waals surface area contributed by atoms with Crippen LogP contribution >= 0.6 is 0 Å². The molecule has 0 fully saturated rings. The molecule has 2 amide bonds. The maximum atomic E-state index is 12.0. The van der Waals surface area contributed by atoms with E-state index in [1.54, 1.807) is 26.2 Å². The lowest BCUT2D eigenvalue weighted by atomic mass is 9.99. The van der Waals surface area contributed by atoms with Crippen molar-refractivity contribution in [3.8, 4) is 0 Å². The molecule has 110 valence electrons. The van der Waals surface area contributed by atoms with Gasteiger partial charge in [0.1, 0.15) is 5.82 Å². The first-order chi connectivity index (χ1) is 9.36. The van der Waals surface area contributed by atoms with Gasteiger partial charge in [-0.05, 0) is 18.1 Å². The molecule has 2 atom stereocenters. The van der Waals surface area contributed by atoms with Crippen molar-refractivity contribution in [3.05, 3.63) is 23.9 Å². The van der Waals surface area contributed by atoms with Crippen LogP contribution in [-0.4, -0.2) is 41.8 Å². The summed E-state index contributed by atoms with van der Waals surface area (Å²) in [7, 11) is 3.33. The van der Waals surface area contributed by atoms with Crippen LogP contribution in [0, 0.1) is 5.92 Å². The Morgan fingerprint density at radius 3 is 2.65 bits per heavy atom. The molecule has 20 heavy (non-hydrogen) atoms. The van der Waals surface area contributed by atoms with Crippen LogP contribution in [0.4, 0.5) is 5.82 Å². The zero-order valence-electron chi connectivity index (χ0n) is 12.4. The number of hydrogen-bond donors (Lipinski definition) is 2. The molecule has 1 heterocycles. The number of carbonyl (C=O) groups excluding carboxylic acids is 2. The standard InChI is InChI=1S/C14H22N4O2/c1-5-9(2)12(15)13(19)17-11-8-10(6-7-16-11)14(20)18(3)4/h6-9,12H,5,15H2,1-4H3,(H,16,17,19). The van der Waals surface area contributed by atoms with Crippen molar-refractivity contribution < 1.29 is 9.59 Å². The molecule has 1 aromatic heterocycles. The summed E-state index contributed by atoms with van der Waals surface area (Å²) in [5.74, 6) is -0.0153. The number of carbonyl (C=O) groups is 2. The van der Waals surface area contributed by atoms with Gasteiger partial charge in [-0.15, -0.1) is 0 Å². The number of amides is 2. The minimum Gasteiger partial charge on any atom is -0.345 e. The van der Waals surface area contributed by atoms with E-state index in [1.165, 1.54) is 11.1 Å². The van der Waals surface area contributed by atoms with Crippen molar-refractivity contribution in [2.75, 3.05) is 19.4 Å². The fourth-order valence-electron chi connectivity index (χ4n) is 1.61. The largest absolute Gasteiger partial charge is 0.345 e. The summed E-state index contributed by atoms with van der Waals surface area (Å²) in [5, 5.41) is 2.65. The van der Waals surface area contributed by atoms with Crippen LogP contribution in [0.2, 0.25) is 0 Å². The van der Waals surface area contributed by atoms with E-state index in [4.69, 9.17) is 5.73 Å². The highest BCUT2D eigenvalue weighted by Crippen LogP contribution is 2.11. The summed E-state index contributed by atoms with van der Waals surface area (Å²) in [6, 6.07) is 2.56. The van der Waals surface area contributed by atoms with Crippen LogP contribution in [-0.2, 0) is 4.79 Å². The van der Waals surface area contributed by atoms with E-state index in [1.807, 2.05) is 13.8 Å². The van der Waals surface area contributed by atoms with Crippen molar-refractivity contribution in [2.45, 2.75) is 26.3 Å². The minimum atomic E-state index is -0.588. The van der Waals surface area contributed by atoms with Gasteiger partial charge in [0, 0.05) is 25.9 Å². The molecular formula is C14H22N4O2. The summed E-state index contributed by atoms with van der Waals surface area (Å²) in [4.78, 5) is 29.3. The maximum absolute atomic E-state index is 12.0. The molecule has 0 aliphatic carbocycles. The SMILES string of the molecule is CCC(C)C(N)C(=O)Nc1cc(C(=O)N(C)C)ccn1. The van der Waals surface area contributed by atoms with Crippen LogP contribution in [0.3, 0.4) is 0 Å². The summed E-state index contributed by atoms with van der Waals surface area (Å²) in [5.41, 5.74) is 6.32. The van der Waals surface area contributed by atoms with Gasteiger partial charge >= 0.3 is 0 Å². The van der Waals surface area contributed by atoms with Crippen LogP contribution in [0.5, 0.6) is 0 Å². The molecular weight excluding hydrogens is 256 g/mol. The van der Waals surface area contributed by atoms with E-state index in [-0.39, 0.29) is 17.7 Å². The summed E-state index contributed by atoms with van der Waals surface area (Å²) in [6.07, 6.45) is 2.31. The Hall–Kier alpha value is -1.95. The summed E-state index contributed by atoms with van der Waals surface area (Å²) >= 11 is 0. The molecule has 0 radical (unpaired) electrons. The number of pyridine rings is 1. The molecule has 3 N–H and O–H groups in total. The predicted molar refractivity (Wildman–Crippen MR) is 78.3 cm³/mol. The molecule has 1 aromatic rings. The lowest BCUT2D eigenvalue weighted by Crippen LogP contribution is -2.40. The van der Waals surface area contributed by atoms with E-state index in [0.29, 0.717) is 11.4 Å². The zero-order valence-corrected chi connectivity index (χ0v) is 12.4. The Morgan fingerprint density at radius 1 is 1.45 bits per heavy atom. The van der Waals surface area contributed by atoms with Crippen molar-refractivity contribution in [1.82, 2.24) is 9.88 Å². The van der Waals surface area contributed by atoms with E-state index in [9.17, 15) is 9.59 Å². The fraction of sp³-hybridized carbons (Fsp3) is 0.500. The van der Waals surface area contributed by atoms with Crippen LogP contribution in [0.25, 0.3) is 0 Å². The smallest absolute Gasteiger partial charge is 0.253 e. The van der Waals surface area contributed by atoms with Crippen LogP contribution in [0.1, 0.15) is 30.6 Å². The van der Waals surface area contributed by atoms with Crippen molar-refractivity contribution in [2.24, 2.45) is 11.7 Å². The van der Waals surface area contributed by atoms with Crippen molar-refractivity contribution in [3.63, 3.8) is 0 Å². The summed E-state index contributed by atoms with van der Waals surface area (Å²) in [6.45, 7) is 3.90. The third kappa shape index (κ3) is 4.03. The minimum absolute atomic E-state index is 0.0848. The molecule has 1 rings (SSSR count). The van der Waals surface area contributed by atoms with Gasteiger partial charge in [0.15, 0.2) is 0 Å². The summed E-state index contributed by atoms with van der Waals surface area (Å²) < 4.78 is 0. The highest BCUT2D eigenvalue weighted by Gasteiger charge is 2.20. The second kappa shape index (κ2) is 7.00. The molecule has 0 bridgehead atoms. The Balaban J connectivity index is 2.81. The van der Waals surface area contributed by atoms with Gasteiger partial charge in [0.25, 0.3) is 5.91 Å². The van der Waals surface area contributed by atoms with Gasteiger partial charge in [0.05, 0.1) is 6.04 Å². The van der Waals surface area contributed by atoms with Gasteiger partial charge < -0.3 is 16.0 Å². The Labute approximate surface area is 119 Å². The number of aromatic nitrogens is 1. The van der Waals surface area contributed by atoms with E-state index in [2.05, 4.69) is 10.3 Å². The van der Waals surface area contributed by atoms with E-state index >= 15 is 0 Å². The molecule has 0 saturated carbocycles. The van der Waals surface area contributed by atoms with Gasteiger partial charge in [-0.25, -0.2) is 4.98 Å². The number of rotatable bonds is 5. The molecule has 0 aromatic carbocycles. The first kappa shape index (κ1) is 16.1. The number of nitrogens with one attached hydrogen (secondary N) is 1. The molecule has 0 aliphatic heterocycles. The average molecular weight is 278 g/mol.